The third-order valence-corrected chi connectivity index (χ3v) is 11.5. The molecule has 0 fully saturated rings. The van der Waals surface area contributed by atoms with E-state index in [9.17, 15) is 0 Å². The Hall–Kier alpha value is -6.48. The van der Waals surface area contributed by atoms with Gasteiger partial charge in [0.25, 0.3) is 0 Å². The largest absolute Gasteiger partial charge is 0.310 e. The summed E-state index contributed by atoms with van der Waals surface area (Å²) in [6.45, 7) is 0. The normalized spacial score (nSPS) is 11.5. The van der Waals surface area contributed by atoms with Crippen LogP contribution in [0.15, 0.2) is 200 Å². The third kappa shape index (κ3) is 5.16. The van der Waals surface area contributed by atoms with E-state index in [1.54, 1.807) is 0 Å². The molecule has 0 unspecified atom stereocenters. The number of hydrogen-bond acceptors (Lipinski definition) is 2. The molecular formula is C50H33NS. The quantitative estimate of drug-likeness (QED) is 0.158. The van der Waals surface area contributed by atoms with Crippen LogP contribution in [0.3, 0.4) is 0 Å². The van der Waals surface area contributed by atoms with Crippen molar-refractivity contribution in [1.82, 2.24) is 0 Å². The smallest absolute Gasteiger partial charge is 0.0546 e. The number of hydrogen-bond donors (Lipinski definition) is 0. The van der Waals surface area contributed by atoms with Gasteiger partial charge in [0.05, 0.1) is 5.69 Å². The lowest BCUT2D eigenvalue weighted by atomic mass is 9.91. The topological polar surface area (TPSA) is 3.24 Å². The fraction of sp³-hybridized carbons (Fsp3) is 0. The van der Waals surface area contributed by atoms with Gasteiger partial charge < -0.3 is 4.90 Å². The first kappa shape index (κ1) is 30.4. The minimum atomic E-state index is 1.11. The Morgan fingerprint density at radius 3 is 1.73 bits per heavy atom. The van der Waals surface area contributed by atoms with Crippen LogP contribution in [0.2, 0.25) is 0 Å². The highest BCUT2D eigenvalue weighted by Gasteiger charge is 2.20. The molecule has 10 rings (SSSR count). The molecule has 0 bridgehead atoms. The van der Waals surface area contributed by atoms with Crippen molar-refractivity contribution in [3.63, 3.8) is 0 Å². The molecule has 52 heavy (non-hydrogen) atoms. The second kappa shape index (κ2) is 12.7. The molecule has 0 aliphatic rings. The van der Waals surface area contributed by atoms with Crippen molar-refractivity contribution >= 4 is 70.1 Å². The number of anilines is 3. The van der Waals surface area contributed by atoms with Gasteiger partial charge in [0.1, 0.15) is 0 Å². The maximum atomic E-state index is 2.42. The Bertz CT molecular complexity index is 2890. The number of rotatable bonds is 6. The van der Waals surface area contributed by atoms with E-state index in [1.165, 1.54) is 75.1 Å². The van der Waals surface area contributed by atoms with Crippen LogP contribution in [0.1, 0.15) is 0 Å². The molecule has 0 saturated carbocycles. The van der Waals surface area contributed by atoms with Gasteiger partial charge in [-0.2, -0.15) is 0 Å². The molecule has 0 spiro atoms. The second-order valence-corrected chi connectivity index (χ2v) is 14.3. The fourth-order valence-electron chi connectivity index (χ4n) is 7.81. The first-order valence-electron chi connectivity index (χ1n) is 17.8. The number of nitrogens with zero attached hydrogens (tertiary/aromatic N) is 1. The van der Waals surface area contributed by atoms with Gasteiger partial charge in [0, 0.05) is 37.1 Å². The minimum absolute atomic E-state index is 1.11. The summed E-state index contributed by atoms with van der Waals surface area (Å²) < 4.78 is 2.65. The lowest BCUT2D eigenvalue weighted by Crippen LogP contribution is -2.11. The van der Waals surface area contributed by atoms with Crippen LogP contribution in [0.5, 0.6) is 0 Å². The van der Waals surface area contributed by atoms with Crippen LogP contribution in [0.4, 0.5) is 17.1 Å². The molecule has 1 aromatic heterocycles. The summed E-state index contributed by atoms with van der Waals surface area (Å²) >= 11 is 1.88. The first-order chi connectivity index (χ1) is 25.8. The molecule has 2 heteroatoms. The summed E-state index contributed by atoms with van der Waals surface area (Å²) in [6, 6.07) is 72.9. The molecule has 0 radical (unpaired) electrons. The van der Waals surface area contributed by atoms with Gasteiger partial charge in [0.15, 0.2) is 0 Å². The molecule has 0 amide bonds. The average Bonchev–Trinajstić information content (AvgIpc) is 3.61. The molecule has 0 aliphatic heterocycles. The molecule has 1 nitrogen and oxygen atoms in total. The summed E-state index contributed by atoms with van der Waals surface area (Å²) in [6.07, 6.45) is 0. The number of thiophene rings is 1. The van der Waals surface area contributed by atoms with Crippen LogP contribution < -0.4 is 4.90 Å². The lowest BCUT2D eigenvalue weighted by molar-refractivity contribution is 1.28. The Morgan fingerprint density at radius 1 is 0.327 bits per heavy atom. The van der Waals surface area contributed by atoms with E-state index < -0.39 is 0 Å². The van der Waals surface area contributed by atoms with Crippen molar-refractivity contribution in [3.8, 4) is 33.4 Å². The summed E-state index contributed by atoms with van der Waals surface area (Å²) in [5.74, 6) is 0. The molecule has 1 heterocycles. The SMILES string of the molecule is c1ccc(-c2ccc(-c3cc4ccccc4c4ccccc34)cc2N(c2ccccc2)c2ccc(-c3cccc4c3sc3ccccc34)cc2)cc1. The van der Waals surface area contributed by atoms with Crippen LogP contribution in [0, 0.1) is 0 Å². The summed E-state index contributed by atoms with van der Waals surface area (Å²) in [5, 5.41) is 7.69. The zero-order valence-electron chi connectivity index (χ0n) is 28.4. The number of fused-ring (bicyclic) bond motifs is 6. The minimum Gasteiger partial charge on any atom is -0.310 e. The summed E-state index contributed by atoms with van der Waals surface area (Å²) in [7, 11) is 0. The van der Waals surface area contributed by atoms with Gasteiger partial charge in [-0.1, -0.05) is 158 Å². The fourth-order valence-corrected chi connectivity index (χ4v) is 9.05. The maximum absolute atomic E-state index is 2.42. The zero-order valence-corrected chi connectivity index (χ0v) is 29.2. The lowest BCUT2D eigenvalue weighted by Gasteiger charge is -2.29. The average molecular weight is 680 g/mol. The number of para-hydroxylation sites is 1. The Labute approximate surface area is 307 Å². The van der Waals surface area contributed by atoms with E-state index in [1.807, 2.05) is 11.3 Å². The van der Waals surface area contributed by atoms with Crippen LogP contribution in [-0.4, -0.2) is 0 Å². The molecule has 0 saturated heterocycles. The van der Waals surface area contributed by atoms with Gasteiger partial charge in [-0.25, -0.2) is 0 Å². The maximum Gasteiger partial charge on any atom is 0.0546 e. The molecular weight excluding hydrogens is 647 g/mol. The van der Waals surface area contributed by atoms with E-state index in [0.717, 1.165) is 17.1 Å². The van der Waals surface area contributed by atoms with E-state index in [4.69, 9.17) is 0 Å². The van der Waals surface area contributed by atoms with Crippen molar-refractivity contribution in [3.05, 3.63) is 200 Å². The van der Waals surface area contributed by atoms with Crippen molar-refractivity contribution in [2.45, 2.75) is 0 Å². The summed E-state index contributed by atoms with van der Waals surface area (Å²) in [4.78, 5) is 2.42. The van der Waals surface area contributed by atoms with Crippen LogP contribution in [0.25, 0.3) is 75.1 Å². The van der Waals surface area contributed by atoms with Crippen LogP contribution >= 0.6 is 11.3 Å². The van der Waals surface area contributed by atoms with Crippen LogP contribution in [-0.2, 0) is 0 Å². The standard InChI is InChI=1S/C50H33NS/c1-3-14-34(15-4-1)41-31-28-37(47-32-36-16-7-8-19-40(36)43-20-9-10-21-44(43)47)33-48(41)51(38-17-5-2-6-18-38)39-29-26-35(27-30-39)42-23-13-24-46-45-22-11-12-25-49(45)52-50(42)46/h1-33H. The zero-order chi connectivity index (χ0) is 34.4. The van der Waals surface area contributed by atoms with Gasteiger partial charge in [-0.3, -0.25) is 0 Å². The summed E-state index contributed by atoms with van der Waals surface area (Å²) in [5.41, 5.74) is 10.6. The van der Waals surface area contributed by atoms with Crippen molar-refractivity contribution in [1.29, 1.82) is 0 Å². The van der Waals surface area contributed by atoms with E-state index >= 15 is 0 Å². The highest BCUT2D eigenvalue weighted by Crippen LogP contribution is 2.46. The van der Waals surface area contributed by atoms with Crippen molar-refractivity contribution in [2.75, 3.05) is 4.90 Å². The van der Waals surface area contributed by atoms with E-state index in [0.29, 0.717) is 0 Å². The molecule has 0 aliphatic carbocycles. The third-order valence-electron chi connectivity index (χ3n) is 10.3. The molecule has 10 aromatic rings. The van der Waals surface area contributed by atoms with Gasteiger partial charge in [0.2, 0.25) is 0 Å². The van der Waals surface area contributed by atoms with E-state index in [2.05, 4.69) is 205 Å². The van der Waals surface area contributed by atoms with E-state index in [-0.39, 0.29) is 0 Å². The Morgan fingerprint density at radius 2 is 0.923 bits per heavy atom. The molecule has 0 N–H and O–H groups in total. The van der Waals surface area contributed by atoms with Gasteiger partial charge >= 0.3 is 0 Å². The Kier molecular flexibility index (Phi) is 7.41. The van der Waals surface area contributed by atoms with Gasteiger partial charge in [-0.05, 0) is 91.8 Å². The second-order valence-electron chi connectivity index (χ2n) is 13.3. The Balaban J connectivity index is 1.17. The van der Waals surface area contributed by atoms with Crippen molar-refractivity contribution in [2.24, 2.45) is 0 Å². The monoisotopic (exact) mass is 679 g/mol. The molecule has 244 valence electrons. The first-order valence-corrected chi connectivity index (χ1v) is 18.6. The number of benzene rings is 9. The predicted molar refractivity (Wildman–Crippen MR) is 225 cm³/mol. The molecule has 9 aromatic carbocycles. The highest BCUT2D eigenvalue weighted by atomic mass is 32.1. The highest BCUT2D eigenvalue weighted by molar-refractivity contribution is 7.26. The molecule has 0 atom stereocenters. The van der Waals surface area contributed by atoms with Crippen molar-refractivity contribution < 1.29 is 0 Å². The van der Waals surface area contributed by atoms with Gasteiger partial charge in [-0.15, -0.1) is 11.3 Å². The predicted octanol–water partition coefficient (Wildman–Crippen LogP) is 14.8.